The van der Waals surface area contributed by atoms with Gasteiger partial charge < -0.3 is 10.2 Å². The third-order valence-electron chi connectivity index (χ3n) is 14.7. The number of allylic oxidation sites excluding steroid dienone is 11. The van der Waals surface area contributed by atoms with Gasteiger partial charge in [0.25, 0.3) is 0 Å². The van der Waals surface area contributed by atoms with Gasteiger partial charge in [0, 0.05) is 30.7 Å². The van der Waals surface area contributed by atoms with Crippen LogP contribution in [-0.2, 0) is 0 Å². The van der Waals surface area contributed by atoms with Crippen LogP contribution >= 0.6 is 0 Å². The topological polar surface area (TPSA) is 15.3 Å². The molecule has 380 valence electrons. The minimum absolute atomic E-state index is 0.404. The Kier molecular flexibility index (Phi) is 16.9. The number of benzene rings is 9. The molecule has 2 heteroatoms. The SMILES string of the molecule is C=C/C=C\C(=C/N(CC1C=CC=CC1)c1ccccc1)c1c2c(c(-c3ccc(-c4c(C=C)c(C=C)c(-c5ccccc5)c5ccccc45)c4ccccc34)c3ccccc13)=CCCC=2.C=C/C=C\C=C/CNc1ccccc1. The third-order valence-corrected chi connectivity index (χ3v) is 14.7. The van der Waals surface area contributed by atoms with Gasteiger partial charge in [-0.1, -0.05) is 275 Å². The van der Waals surface area contributed by atoms with Crippen LogP contribution in [0.2, 0.25) is 0 Å². The van der Waals surface area contributed by atoms with E-state index in [9.17, 15) is 0 Å². The summed E-state index contributed by atoms with van der Waals surface area (Å²) in [6, 6.07) is 63.1. The average molecular weight is 1010 g/mol. The summed E-state index contributed by atoms with van der Waals surface area (Å²) in [6.07, 6.45) is 39.2. The number of nitrogens with zero attached hydrogens (tertiary/aromatic N) is 1. The fourth-order valence-electron chi connectivity index (χ4n) is 11.2. The molecule has 1 unspecified atom stereocenters. The molecule has 1 N–H and O–H groups in total. The van der Waals surface area contributed by atoms with Crippen LogP contribution in [0.15, 0.2) is 281 Å². The molecule has 0 spiro atoms. The lowest BCUT2D eigenvalue weighted by Gasteiger charge is -2.27. The van der Waals surface area contributed by atoms with Crippen molar-refractivity contribution >= 4 is 73.6 Å². The Labute approximate surface area is 461 Å². The highest BCUT2D eigenvalue weighted by molar-refractivity contribution is 6.18. The summed E-state index contributed by atoms with van der Waals surface area (Å²) in [5, 5.41) is 13.1. The maximum Gasteiger partial charge on any atom is 0.0406 e. The highest BCUT2D eigenvalue weighted by Crippen LogP contribution is 2.46. The molecule has 0 saturated heterocycles. The molecule has 0 amide bonds. The first kappa shape index (κ1) is 52.0. The van der Waals surface area contributed by atoms with Crippen molar-refractivity contribution < 1.29 is 0 Å². The van der Waals surface area contributed by atoms with E-state index < -0.39 is 0 Å². The van der Waals surface area contributed by atoms with Gasteiger partial charge in [-0.05, 0) is 148 Å². The van der Waals surface area contributed by atoms with Crippen LogP contribution in [0.25, 0.3) is 95.6 Å². The van der Waals surface area contributed by atoms with Crippen molar-refractivity contribution in [1.29, 1.82) is 0 Å². The predicted octanol–water partition coefficient (Wildman–Crippen LogP) is 18.9. The van der Waals surface area contributed by atoms with Crippen molar-refractivity contribution in [3.05, 3.63) is 308 Å². The van der Waals surface area contributed by atoms with Gasteiger partial charge in [0.05, 0.1) is 0 Å². The first-order valence-corrected chi connectivity index (χ1v) is 27.2. The van der Waals surface area contributed by atoms with E-state index >= 15 is 0 Å². The maximum absolute atomic E-state index is 4.42. The monoisotopic (exact) mass is 1010 g/mol. The molecule has 0 radical (unpaired) electrons. The zero-order valence-electron chi connectivity index (χ0n) is 44.4. The molecular weight excluding hydrogens is 941 g/mol. The summed E-state index contributed by atoms with van der Waals surface area (Å²) in [4.78, 5) is 2.44. The van der Waals surface area contributed by atoms with Crippen molar-refractivity contribution in [2.24, 2.45) is 5.92 Å². The molecule has 0 heterocycles. The lowest BCUT2D eigenvalue weighted by atomic mass is 9.81. The molecular formula is C76H66N2. The Morgan fingerprint density at radius 1 is 0.513 bits per heavy atom. The molecule has 0 fully saturated rings. The van der Waals surface area contributed by atoms with Crippen LogP contribution in [0, 0.1) is 5.92 Å². The Morgan fingerprint density at radius 3 is 1.69 bits per heavy atom. The molecule has 2 aliphatic carbocycles. The van der Waals surface area contributed by atoms with Gasteiger partial charge in [-0.2, -0.15) is 0 Å². The number of para-hydroxylation sites is 2. The maximum atomic E-state index is 4.42. The zero-order chi connectivity index (χ0) is 53.5. The lowest BCUT2D eigenvalue weighted by molar-refractivity contribution is 0.655. The van der Waals surface area contributed by atoms with Gasteiger partial charge in [-0.3, -0.25) is 0 Å². The number of hydrogen-bond acceptors (Lipinski definition) is 2. The zero-order valence-corrected chi connectivity index (χ0v) is 44.4. The van der Waals surface area contributed by atoms with Crippen LogP contribution in [0.3, 0.4) is 0 Å². The number of nitrogens with one attached hydrogen (secondary N) is 1. The van der Waals surface area contributed by atoms with Crippen molar-refractivity contribution in [3.63, 3.8) is 0 Å². The molecule has 11 rings (SSSR count). The summed E-state index contributed by atoms with van der Waals surface area (Å²) in [7, 11) is 0. The van der Waals surface area contributed by atoms with Gasteiger partial charge in [-0.15, -0.1) is 0 Å². The van der Waals surface area contributed by atoms with Crippen LogP contribution in [-0.4, -0.2) is 13.1 Å². The van der Waals surface area contributed by atoms with E-state index in [4.69, 9.17) is 0 Å². The summed E-state index contributed by atoms with van der Waals surface area (Å²) in [5.41, 5.74) is 14.1. The molecule has 0 aliphatic heterocycles. The first-order valence-electron chi connectivity index (χ1n) is 27.2. The average Bonchev–Trinajstić information content (AvgIpc) is 3.51. The molecule has 1 atom stereocenters. The van der Waals surface area contributed by atoms with Crippen molar-refractivity contribution in [2.75, 3.05) is 23.3 Å². The van der Waals surface area contributed by atoms with E-state index in [0.29, 0.717) is 5.92 Å². The largest absolute Gasteiger partial charge is 0.382 e. The number of anilines is 2. The smallest absolute Gasteiger partial charge is 0.0406 e. The molecule has 2 nitrogen and oxygen atoms in total. The first-order chi connectivity index (χ1) is 38.6. The van der Waals surface area contributed by atoms with Crippen LogP contribution < -0.4 is 20.7 Å². The minimum Gasteiger partial charge on any atom is -0.382 e. The molecule has 78 heavy (non-hydrogen) atoms. The van der Waals surface area contributed by atoms with E-state index in [1.54, 1.807) is 6.08 Å². The molecule has 9 aromatic rings. The highest BCUT2D eigenvalue weighted by atomic mass is 15.1. The predicted molar refractivity (Wildman–Crippen MR) is 344 cm³/mol. The molecule has 2 aliphatic rings. The normalized spacial score (nSPS) is 13.9. The van der Waals surface area contributed by atoms with E-state index in [2.05, 4.69) is 243 Å². The van der Waals surface area contributed by atoms with Crippen LogP contribution in [0.1, 0.15) is 36.0 Å². The Morgan fingerprint density at radius 2 is 1.06 bits per heavy atom. The molecule has 0 saturated carbocycles. The lowest BCUT2D eigenvalue weighted by Crippen LogP contribution is -2.33. The summed E-state index contributed by atoms with van der Waals surface area (Å²) < 4.78 is 0. The summed E-state index contributed by atoms with van der Waals surface area (Å²) >= 11 is 0. The quantitative estimate of drug-likeness (QED) is 0.0915. The van der Waals surface area contributed by atoms with Crippen molar-refractivity contribution in [1.82, 2.24) is 0 Å². The minimum atomic E-state index is 0.404. The number of rotatable bonds is 17. The van der Waals surface area contributed by atoms with E-state index in [1.807, 2.05) is 66.8 Å². The van der Waals surface area contributed by atoms with Crippen LogP contribution in [0.4, 0.5) is 11.4 Å². The Hall–Kier alpha value is -9.50. The summed E-state index contributed by atoms with van der Waals surface area (Å²) in [6.45, 7) is 18.2. The molecule has 0 bridgehead atoms. The van der Waals surface area contributed by atoms with Crippen molar-refractivity contribution in [2.45, 2.75) is 19.3 Å². The van der Waals surface area contributed by atoms with Gasteiger partial charge in [0.1, 0.15) is 0 Å². The van der Waals surface area contributed by atoms with Gasteiger partial charge in [0.15, 0.2) is 0 Å². The Balaban J connectivity index is 0.000000430. The van der Waals surface area contributed by atoms with E-state index in [0.717, 1.165) is 54.7 Å². The van der Waals surface area contributed by atoms with E-state index in [1.165, 1.54) is 87.4 Å². The summed E-state index contributed by atoms with van der Waals surface area (Å²) in [5.74, 6) is 0.404. The van der Waals surface area contributed by atoms with Crippen molar-refractivity contribution in [3.8, 4) is 33.4 Å². The van der Waals surface area contributed by atoms with E-state index in [-0.39, 0.29) is 0 Å². The second-order valence-electron chi connectivity index (χ2n) is 19.5. The van der Waals surface area contributed by atoms with Crippen LogP contribution in [0.5, 0.6) is 0 Å². The number of hydrogen-bond donors (Lipinski definition) is 1. The van der Waals surface area contributed by atoms with Gasteiger partial charge >= 0.3 is 0 Å². The number of fused-ring (bicyclic) bond motifs is 4. The molecule has 9 aromatic carbocycles. The van der Waals surface area contributed by atoms with Gasteiger partial charge in [0.2, 0.25) is 0 Å². The third kappa shape index (κ3) is 11.2. The second kappa shape index (κ2) is 25.4. The standard InChI is InChI=1S/C63H51N.C13H15N/c1-4-7-27-46(43-64(47-30-15-10-16-31-47)42-44-25-11-8-12-26-44)61-53-35-20-23-38-56(53)63(57-39-24-21-36-54(57)61)59-41-40-58(50-32-17-18-33-51(50)59)62-49(6-3)48(5-2)60(45-28-13-9-14-29-45)52-34-19-22-37-55(52)62;1-2-3-4-5-9-12-14-13-10-7-6-8-11-13/h4-20,22-23,25,27-41,43-44H,1-3,21,24,26,42H2;2-11,14H,1,12H2/b27-7-,46-43+;4-3-,9-5-. The Bertz CT molecular complexity index is 3980. The fourth-order valence-corrected chi connectivity index (χ4v) is 11.2. The molecule has 0 aromatic heterocycles. The van der Waals surface area contributed by atoms with Gasteiger partial charge in [-0.25, -0.2) is 0 Å². The highest BCUT2D eigenvalue weighted by Gasteiger charge is 2.23. The fraction of sp³-hybridized carbons (Fsp3) is 0.0789. The second-order valence-corrected chi connectivity index (χ2v) is 19.5.